The fourth-order valence-electron chi connectivity index (χ4n) is 4.58. The molecule has 4 aromatic rings. The third-order valence-corrected chi connectivity index (χ3v) is 6.69. The number of hydrogen-bond acceptors (Lipinski definition) is 8. The number of hydrogen-bond donors (Lipinski definition) is 4. The normalized spacial score (nSPS) is 10.8. The Hall–Kier alpha value is -4.16. The highest BCUT2D eigenvalue weighted by Gasteiger charge is 2.29. The van der Waals surface area contributed by atoms with E-state index in [0.717, 1.165) is 22.6 Å². The SMILES string of the molecule is CCn1c(CNC(=O)c2nc(Cl)c(N)nc2N)[n+](CC)c2c(C(=O)N(C)Cc3nc(C)ccc3O)cccc21.[Cl-]. The van der Waals surface area contributed by atoms with Gasteiger partial charge in [-0.3, -0.25) is 14.6 Å². The van der Waals surface area contributed by atoms with E-state index in [2.05, 4.69) is 20.3 Å². The van der Waals surface area contributed by atoms with Crippen molar-refractivity contribution in [1.82, 2.24) is 29.7 Å². The minimum atomic E-state index is -0.557. The Bertz CT molecular complexity index is 1590. The minimum Gasteiger partial charge on any atom is -1.00 e. The van der Waals surface area contributed by atoms with Crippen molar-refractivity contribution in [3.63, 3.8) is 0 Å². The highest BCUT2D eigenvalue weighted by molar-refractivity contribution is 6.31. The molecule has 0 aliphatic heterocycles. The third kappa shape index (κ3) is 5.73. The van der Waals surface area contributed by atoms with Crippen molar-refractivity contribution in [1.29, 1.82) is 0 Å². The lowest BCUT2D eigenvalue weighted by molar-refractivity contribution is -0.676. The van der Waals surface area contributed by atoms with E-state index in [1.54, 1.807) is 25.2 Å². The summed E-state index contributed by atoms with van der Waals surface area (Å²) in [5, 5.41) is 12.9. The van der Waals surface area contributed by atoms with Crippen LogP contribution in [-0.2, 0) is 26.2 Å². The number of aromatic hydroxyl groups is 1. The Morgan fingerprint density at radius 1 is 1.12 bits per heavy atom. The first-order chi connectivity index (χ1) is 18.6. The zero-order valence-electron chi connectivity index (χ0n) is 22.6. The molecule has 6 N–H and O–H groups in total. The predicted octanol–water partition coefficient (Wildman–Crippen LogP) is -0.808. The number of pyridine rings is 1. The molecule has 0 fully saturated rings. The second kappa shape index (κ2) is 12.3. The molecule has 0 unspecified atom stereocenters. The average Bonchev–Trinajstić information content (AvgIpc) is 3.23. The lowest BCUT2D eigenvalue weighted by Gasteiger charge is -2.18. The number of nitrogens with two attached hydrogens (primary N) is 2. The van der Waals surface area contributed by atoms with E-state index in [1.807, 2.05) is 42.0 Å². The van der Waals surface area contributed by atoms with Crippen LogP contribution in [0.3, 0.4) is 0 Å². The fourth-order valence-corrected chi connectivity index (χ4v) is 4.70. The van der Waals surface area contributed by atoms with Gasteiger partial charge in [-0.05, 0) is 45.0 Å². The van der Waals surface area contributed by atoms with Crippen molar-refractivity contribution in [2.24, 2.45) is 0 Å². The van der Waals surface area contributed by atoms with Gasteiger partial charge in [0.1, 0.15) is 18.0 Å². The van der Waals surface area contributed by atoms with Gasteiger partial charge in [-0.15, -0.1) is 0 Å². The van der Waals surface area contributed by atoms with Crippen LogP contribution in [0.2, 0.25) is 5.15 Å². The molecular weight excluding hydrogens is 557 g/mol. The molecule has 0 radical (unpaired) electrons. The molecule has 3 heterocycles. The van der Waals surface area contributed by atoms with Crippen LogP contribution in [0.1, 0.15) is 51.9 Å². The Morgan fingerprint density at radius 3 is 2.52 bits per heavy atom. The van der Waals surface area contributed by atoms with Gasteiger partial charge in [-0.1, -0.05) is 17.7 Å². The number of benzene rings is 1. The van der Waals surface area contributed by atoms with Gasteiger partial charge >= 0.3 is 0 Å². The van der Waals surface area contributed by atoms with Crippen LogP contribution >= 0.6 is 11.6 Å². The molecule has 0 saturated carbocycles. The number of aryl methyl sites for hydroxylation is 3. The molecule has 2 amide bonds. The number of amides is 2. The number of aromatic nitrogens is 5. The number of imidazole rings is 1. The zero-order chi connectivity index (χ0) is 28.4. The van der Waals surface area contributed by atoms with Gasteiger partial charge in [0.2, 0.25) is 0 Å². The molecule has 0 spiro atoms. The van der Waals surface area contributed by atoms with Crippen LogP contribution in [-0.4, -0.2) is 48.4 Å². The van der Waals surface area contributed by atoms with Crippen LogP contribution in [0, 0.1) is 6.92 Å². The number of halogens is 2. The van der Waals surface area contributed by atoms with E-state index in [0.29, 0.717) is 24.3 Å². The maximum atomic E-state index is 13.7. The summed E-state index contributed by atoms with van der Waals surface area (Å²) in [7, 11) is 1.67. The van der Waals surface area contributed by atoms with E-state index in [-0.39, 0.29) is 59.6 Å². The molecule has 3 aromatic heterocycles. The number of carbonyl (C=O) groups is 2. The molecule has 12 nitrogen and oxygen atoms in total. The van der Waals surface area contributed by atoms with Crippen LogP contribution in [0.4, 0.5) is 11.6 Å². The first kappa shape index (κ1) is 30.4. The van der Waals surface area contributed by atoms with E-state index in [9.17, 15) is 14.7 Å². The van der Waals surface area contributed by atoms with Gasteiger partial charge in [0.25, 0.3) is 17.6 Å². The first-order valence-corrected chi connectivity index (χ1v) is 12.8. The molecule has 4 rings (SSSR count). The molecule has 1 aromatic carbocycles. The maximum absolute atomic E-state index is 13.7. The van der Waals surface area contributed by atoms with Crippen molar-refractivity contribution in [3.05, 3.63) is 64.0 Å². The van der Waals surface area contributed by atoms with Gasteiger partial charge in [0, 0.05) is 12.7 Å². The van der Waals surface area contributed by atoms with Gasteiger partial charge in [-0.2, -0.15) is 0 Å². The number of para-hydroxylation sites is 1. The van der Waals surface area contributed by atoms with Gasteiger partial charge in [0.15, 0.2) is 33.5 Å². The molecule has 212 valence electrons. The van der Waals surface area contributed by atoms with Crippen LogP contribution in [0.25, 0.3) is 11.0 Å². The quantitative estimate of drug-likeness (QED) is 0.194. The molecule has 0 aliphatic rings. The molecule has 40 heavy (non-hydrogen) atoms. The highest BCUT2D eigenvalue weighted by Crippen LogP contribution is 2.23. The number of nitrogens with one attached hydrogen (secondary N) is 1. The topological polar surface area (TPSA) is 169 Å². The van der Waals surface area contributed by atoms with Crippen molar-refractivity contribution in [2.45, 2.75) is 47.0 Å². The summed E-state index contributed by atoms with van der Waals surface area (Å²) in [4.78, 5) is 40.3. The van der Waals surface area contributed by atoms with Crippen LogP contribution < -0.4 is 33.8 Å². The van der Waals surface area contributed by atoms with Crippen LogP contribution in [0.5, 0.6) is 5.75 Å². The largest absolute Gasteiger partial charge is 1.00 e. The van der Waals surface area contributed by atoms with Crippen molar-refractivity contribution >= 4 is 46.1 Å². The van der Waals surface area contributed by atoms with Crippen molar-refractivity contribution < 1.29 is 31.7 Å². The molecule has 0 saturated heterocycles. The minimum absolute atomic E-state index is 0. The summed E-state index contributed by atoms with van der Waals surface area (Å²) in [5.41, 5.74) is 14.6. The summed E-state index contributed by atoms with van der Waals surface area (Å²) in [6.45, 7) is 7.18. The predicted molar refractivity (Wildman–Crippen MR) is 147 cm³/mol. The summed E-state index contributed by atoms with van der Waals surface area (Å²) >= 11 is 5.94. The maximum Gasteiger partial charge on any atom is 0.277 e. The lowest BCUT2D eigenvalue weighted by Crippen LogP contribution is -3.00. The number of rotatable bonds is 8. The number of fused-ring (bicyclic) bond motifs is 1. The van der Waals surface area contributed by atoms with E-state index < -0.39 is 5.91 Å². The lowest BCUT2D eigenvalue weighted by atomic mass is 10.1. The zero-order valence-corrected chi connectivity index (χ0v) is 24.1. The average molecular weight is 589 g/mol. The standard InChI is InChI=1S/C26H30ClN9O3.ClH/c1-5-35-17-9-7-8-15(26(39)34(4)13-16-18(37)11-10-14(3)31-16)21(17)36(6-2)19(35)12-30-25(38)20-23(28)33-24(29)22(27)32-20;/h7-11H,5-6,12-13H2,1-4H3,(H5-,28,29,30,33,37,38);1H. The van der Waals surface area contributed by atoms with E-state index in [4.69, 9.17) is 23.1 Å². The van der Waals surface area contributed by atoms with Gasteiger partial charge in [0.05, 0.1) is 25.2 Å². The van der Waals surface area contributed by atoms with E-state index >= 15 is 0 Å². The van der Waals surface area contributed by atoms with Gasteiger partial charge < -0.3 is 39.2 Å². The number of carbonyl (C=O) groups excluding carboxylic acids is 2. The summed E-state index contributed by atoms with van der Waals surface area (Å²) in [6.07, 6.45) is 0. The summed E-state index contributed by atoms with van der Waals surface area (Å²) in [5.74, 6) is -0.162. The summed E-state index contributed by atoms with van der Waals surface area (Å²) < 4.78 is 4.03. The Morgan fingerprint density at radius 2 is 1.85 bits per heavy atom. The van der Waals surface area contributed by atoms with Gasteiger partial charge in [-0.25, -0.2) is 19.1 Å². The summed E-state index contributed by atoms with van der Waals surface area (Å²) in [6, 6.07) is 8.81. The molecular formula is C26H31Cl2N9O3. The van der Waals surface area contributed by atoms with E-state index in [1.165, 1.54) is 4.90 Å². The Labute approximate surface area is 242 Å². The smallest absolute Gasteiger partial charge is 0.277 e. The monoisotopic (exact) mass is 587 g/mol. The molecule has 0 aliphatic carbocycles. The Balaban J connectivity index is 0.00000441. The Kier molecular flexibility index (Phi) is 9.38. The first-order valence-electron chi connectivity index (χ1n) is 12.4. The van der Waals surface area contributed by atoms with Crippen molar-refractivity contribution in [3.8, 4) is 5.75 Å². The molecule has 0 bridgehead atoms. The second-order valence-electron chi connectivity index (χ2n) is 8.97. The molecule has 0 atom stereocenters. The number of nitrogen functional groups attached to an aromatic ring is 2. The number of nitrogens with zero attached hydrogens (tertiary/aromatic N) is 6. The second-order valence-corrected chi connectivity index (χ2v) is 9.33. The highest BCUT2D eigenvalue weighted by atomic mass is 35.5. The molecule has 14 heteroatoms. The van der Waals surface area contributed by atoms with Crippen molar-refractivity contribution in [2.75, 3.05) is 18.5 Å². The van der Waals surface area contributed by atoms with Crippen LogP contribution in [0.15, 0.2) is 30.3 Å². The fraction of sp³-hybridized carbons (Fsp3) is 0.308. The third-order valence-electron chi connectivity index (χ3n) is 6.41. The number of anilines is 2.